The van der Waals surface area contributed by atoms with Crippen LogP contribution in [0.25, 0.3) is 10.9 Å². The van der Waals surface area contributed by atoms with Gasteiger partial charge in [-0.05, 0) is 43.9 Å². The first-order valence-corrected chi connectivity index (χ1v) is 7.36. The summed E-state index contributed by atoms with van der Waals surface area (Å²) in [6.07, 6.45) is 3.57. The Morgan fingerprint density at radius 3 is 3.10 bits per heavy atom. The average Bonchev–Trinajstić information content (AvgIpc) is 2.85. The predicted molar refractivity (Wildman–Crippen MR) is 80.5 cm³/mol. The van der Waals surface area contributed by atoms with Crippen molar-refractivity contribution in [1.29, 1.82) is 0 Å². The van der Waals surface area contributed by atoms with E-state index < -0.39 is 0 Å². The number of carbonyl (C=O) groups is 1. The number of aryl methyl sites for hydroxylation is 1. The molecule has 4 N–H and O–H groups in total. The fraction of sp³-hybridized carbons (Fsp3) is 0.438. The number of H-pyrrole nitrogens is 1. The summed E-state index contributed by atoms with van der Waals surface area (Å²) >= 11 is 0. The van der Waals surface area contributed by atoms with Crippen LogP contribution in [0.1, 0.15) is 24.1 Å². The molecule has 3 rings (SSSR count). The molecule has 0 bridgehead atoms. The highest BCUT2D eigenvalue weighted by Crippen LogP contribution is 2.31. The Labute approximate surface area is 118 Å². The third-order valence-electron chi connectivity index (χ3n) is 4.15. The molecular weight excluding hydrogens is 250 g/mol. The van der Waals surface area contributed by atoms with Gasteiger partial charge in [-0.2, -0.15) is 0 Å². The Kier molecular flexibility index (Phi) is 3.74. The summed E-state index contributed by atoms with van der Waals surface area (Å²) in [4.78, 5) is 15.7. The number of nitrogens with two attached hydrogens (primary N) is 1. The van der Waals surface area contributed by atoms with Gasteiger partial charge in [0.15, 0.2) is 0 Å². The van der Waals surface area contributed by atoms with E-state index in [0.717, 1.165) is 25.7 Å². The smallest absolute Gasteiger partial charge is 0.223 e. The Hall–Kier alpha value is -1.81. The Morgan fingerprint density at radius 1 is 1.40 bits per heavy atom. The molecule has 20 heavy (non-hydrogen) atoms. The summed E-state index contributed by atoms with van der Waals surface area (Å²) in [6, 6.07) is 8.34. The number of carbonyl (C=O) groups excluding carboxylic acids is 1. The van der Waals surface area contributed by atoms with E-state index >= 15 is 0 Å². The molecular formula is C16H21N3O. The summed E-state index contributed by atoms with van der Waals surface area (Å²) in [5.41, 5.74) is 9.26. The lowest BCUT2D eigenvalue weighted by Crippen LogP contribution is -2.35. The maximum atomic E-state index is 12.2. The van der Waals surface area contributed by atoms with Gasteiger partial charge in [-0.3, -0.25) is 4.79 Å². The molecule has 1 aliphatic carbocycles. The standard InChI is InChI=1S/C16H21N3O/c17-8-3-9-18-16(20)11-6-7-15-13(10-11)12-4-1-2-5-14(12)19-15/h1-2,4-5,11,19H,3,6-10,17H2,(H,18,20). The fourth-order valence-corrected chi connectivity index (χ4v) is 3.05. The van der Waals surface area contributed by atoms with Crippen molar-refractivity contribution in [3.63, 3.8) is 0 Å². The molecule has 1 unspecified atom stereocenters. The van der Waals surface area contributed by atoms with Gasteiger partial charge in [0.1, 0.15) is 0 Å². The van der Waals surface area contributed by atoms with Crippen LogP contribution >= 0.6 is 0 Å². The second-order valence-corrected chi connectivity index (χ2v) is 5.50. The van der Waals surface area contributed by atoms with Crippen LogP contribution in [0.15, 0.2) is 24.3 Å². The van der Waals surface area contributed by atoms with Crippen LogP contribution in [-0.2, 0) is 17.6 Å². The topological polar surface area (TPSA) is 70.9 Å². The highest BCUT2D eigenvalue weighted by atomic mass is 16.1. The summed E-state index contributed by atoms with van der Waals surface area (Å²) < 4.78 is 0. The molecule has 0 radical (unpaired) electrons. The fourth-order valence-electron chi connectivity index (χ4n) is 3.05. The SMILES string of the molecule is NCCCNC(=O)C1CCc2[nH]c3ccccc3c2C1. The minimum Gasteiger partial charge on any atom is -0.358 e. The zero-order valence-corrected chi connectivity index (χ0v) is 11.6. The summed E-state index contributed by atoms with van der Waals surface area (Å²) in [5.74, 6) is 0.272. The molecule has 106 valence electrons. The lowest BCUT2D eigenvalue weighted by Gasteiger charge is -2.21. The van der Waals surface area contributed by atoms with Crippen LogP contribution in [0.3, 0.4) is 0 Å². The van der Waals surface area contributed by atoms with Gasteiger partial charge in [0.05, 0.1) is 0 Å². The minimum atomic E-state index is 0.0967. The molecule has 2 aromatic rings. The predicted octanol–water partition coefficient (Wildman–Crippen LogP) is 1.74. The van der Waals surface area contributed by atoms with Gasteiger partial charge in [0, 0.05) is 29.1 Å². The number of benzene rings is 1. The van der Waals surface area contributed by atoms with Crippen molar-refractivity contribution < 1.29 is 4.79 Å². The molecule has 0 aliphatic heterocycles. The average molecular weight is 271 g/mol. The molecule has 0 saturated carbocycles. The van der Waals surface area contributed by atoms with Crippen LogP contribution in [0, 0.1) is 5.92 Å². The number of para-hydroxylation sites is 1. The molecule has 1 heterocycles. The van der Waals surface area contributed by atoms with E-state index in [-0.39, 0.29) is 11.8 Å². The molecule has 0 fully saturated rings. The third-order valence-corrected chi connectivity index (χ3v) is 4.15. The van der Waals surface area contributed by atoms with E-state index in [2.05, 4.69) is 28.5 Å². The quantitative estimate of drug-likeness (QED) is 0.741. The lowest BCUT2D eigenvalue weighted by molar-refractivity contribution is -0.125. The molecule has 4 nitrogen and oxygen atoms in total. The van der Waals surface area contributed by atoms with E-state index in [4.69, 9.17) is 5.73 Å². The maximum absolute atomic E-state index is 12.2. The van der Waals surface area contributed by atoms with Gasteiger partial charge in [0.25, 0.3) is 0 Å². The molecule has 1 aromatic carbocycles. The van der Waals surface area contributed by atoms with Crippen LogP contribution in [0.5, 0.6) is 0 Å². The monoisotopic (exact) mass is 271 g/mol. The molecule has 1 atom stereocenters. The Bertz CT molecular complexity index is 617. The first kappa shape index (κ1) is 13.2. The summed E-state index contributed by atoms with van der Waals surface area (Å²) in [5, 5.41) is 4.26. The number of hydrogen-bond donors (Lipinski definition) is 3. The van der Waals surface area contributed by atoms with E-state index in [1.165, 1.54) is 22.2 Å². The van der Waals surface area contributed by atoms with Crippen LogP contribution in [0.4, 0.5) is 0 Å². The number of aromatic amines is 1. The maximum Gasteiger partial charge on any atom is 0.223 e. The van der Waals surface area contributed by atoms with Crippen LogP contribution in [-0.4, -0.2) is 24.0 Å². The van der Waals surface area contributed by atoms with Crippen molar-refractivity contribution in [2.24, 2.45) is 11.7 Å². The summed E-state index contributed by atoms with van der Waals surface area (Å²) in [7, 11) is 0. The van der Waals surface area contributed by atoms with Gasteiger partial charge >= 0.3 is 0 Å². The molecule has 0 spiro atoms. The molecule has 0 saturated heterocycles. The molecule has 1 aliphatic rings. The van der Waals surface area contributed by atoms with Gasteiger partial charge in [-0.25, -0.2) is 0 Å². The number of hydrogen-bond acceptors (Lipinski definition) is 2. The van der Waals surface area contributed by atoms with Crippen molar-refractivity contribution in [2.75, 3.05) is 13.1 Å². The van der Waals surface area contributed by atoms with Gasteiger partial charge < -0.3 is 16.0 Å². The largest absolute Gasteiger partial charge is 0.358 e. The minimum absolute atomic E-state index is 0.0967. The second-order valence-electron chi connectivity index (χ2n) is 5.50. The normalized spacial score (nSPS) is 17.9. The van der Waals surface area contributed by atoms with E-state index in [9.17, 15) is 4.79 Å². The summed E-state index contributed by atoms with van der Waals surface area (Å²) in [6.45, 7) is 1.31. The van der Waals surface area contributed by atoms with E-state index in [1.54, 1.807) is 0 Å². The Morgan fingerprint density at radius 2 is 2.25 bits per heavy atom. The lowest BCUT2D eigenvalue weighted by atomic mass is 9.86. The van der Waals surface area contributed by atoms with Gasteiger partial charge in [-0.1, -0.05) is 18.2 Å². The van der Waals surface area contributed by atoms with Gasteiger partial charge in [-0.15, -0.1) is 0 Å². The Balaban J connectivity index is 1.76. The zero-order chi connectivity index (χ0) is 13.9. The number of amides is 1. The highest BCUT2D eigenvalue weighted by Gasteiger charge is 2.26. The van der Waals surface area contributed by atoms with Crippen molar-refractivity contribution in [3.05, 3.63) is 35.5 Å². The highest BCUT2D eigenvalue weighted by molar-refractivity contribution is 5.86. The number of rotatable bonds is 4. The van der Waals surface area contributed by atoms with Crippen molar-refractivity contribution >= 4 is 16.8 Å². The molecule has 1 aromatic heterocycles. The van der Waals surface area contributed by atoms with Crippen molar-refractivity contribution in [1.82, 2.24) is 10.3 Å². The second kappa shape index (κ2) is 5.67. The van der Waals surface area contributed by atoms with E-state index in [0.29, 0.717) is 13.1 Å². The number of nitrogens with one attached hydrogen (secondary N) is 2. The number of fused-ring (bicyclic) bond motifs is 3. The van der Waals surface area contributed by atoms with E-state index in [1.807, 2.05) is 6.07 Å². The molecule has 1 amide bonds. The van der Waals surface area contributed by atoms with Crippen LogP contribution in [0.2, 0.25) is 0 Å². The first-order chi connectivity index (χ1) is 9.79. The van der Waals surface area contributed by atoms with Gasteiger partial charge in [0.2, 0.25) is 5.91 Å². The zero-order valence-electron chi connectivity index (χ0n) is 11.6. The molecule has 4 heteroatoms. The third kappa shape index (κ3) is 2.43. The van der Waals surface area contributed by atoms with Crippen LogP contribution < -0.4 is 11.1 Å². The van der Waals surface area contributed by atoms with Crippen molar-refractivity contribution in [3.8, 4) is 0 Å². The van der Waals surface area contributed by atoms with Crippen molar-refractivity contribution in [2.45, 2.75) is 25.7 Å². The first-order valence-electron chi connectivity index (χ1n) is 7.36. The number of aromatic nitrogens is 1.